The van der Waals surface area contributed by atoms with Gasteiger partial charge >= 0.3 is 6.09 Å². The molecule has 2 aromatic rings. The third kappa shape index (κ3) is 3.71. The minimum absolute atomic E-state index is 0.290. The molecule has 24 heavy (non-hydrogen) atoms. The molecule has 0 saturated carbocycles. The molecule has 0 radical (unpaired) electrons. The van der Waals surface area contributed by atoms with Crippen molar-refractivity contribution in [2.75, 3.05) is 48.4 Å². The maximum atomic E-state index is 11.2. The lowest BCUT2D eigenvalue weighted by molar-refractivity contribution is 0.187. The van der Waals surface area contributed by atoms with Crippen molar-refractivity contribution < 1.29 is 14.6 Å². The van der Waals surface area contributed by atoms with Crippen molar-refractivity contribution in [3.8, 4) is 5.75 Å². The average Bonchev–Trinajstić information content (AvgIpc) is 2.63. The van der Waals surface area contributed by atoms with Gasteiger partial charge in [-0.2, -0.15) is 0 Å². The van der Waals surface area contributed by atoms with E-state index in [0.29, 0.717) is 5.69 Å². The normalized spacial score (nSPS) is 14.4. The quantitative estimate of drug-likeness (QED) is 0.907. The monoisotopic (exact) mass is 327 g/mol. The Balaban J connectivity index is 1.58. The molecule has 0 atom stereocenters. The van der Waals surface area contributed by atoms with Crippen LogP contribution in [0.3, 0.4) is 0 Å². The van der Waals surface area contributed by atoms with Crippen LogP contribution in [0, 0.1) is 0 Å². The van der Waals surface area contributed by atoms with Crippen LogP contribution in [0.4, 0.5) is 21.9 Å². The number of benzene rings is 2. The summed E-state index contributed by atoms with van der Waals surface area (Å²) in [6, 6.07) is 15.1. The molecule has 0 aliphatic carbocycles. The number of aromatic hydroxyl groups is 1. The molecule has 126 valence electrons. The number of amides is 1. The summed E-state index contributed by atoms with van der Waals surface area (Å²) in [6.45, 7) is 3.69. The highest BCUT2D eigenvalue weighted by Crippen LogP contribution is 2.23. The zero-order valence-electron chi connectivity index (χ0n) is 13.6. The third-order valence-electron chi connectivity index (χ3n) is 4.16. The summed E-state index contributed by atoms with van der Waals surface area (Å²) in [5.41, 5.74) is 2.98. The summed E-state index contributed by atoms with van der Waals surface area (Å²) in [4.78, 5) is 15.8. The molecular formula is C18H21N3O3. The molecule has 1 fully saturated rings. The Labute approximate surface area is 141 Å². The van der Waals surface area contributed by atoms with Gasteiger partial charge in [0.15, 0.2) is 0 Å². The molecule has 2 N–H and O–H groups in total. The van der Waals surface area contributed by atoms with E-state index in [1.54, 1.807) is 12.1 Å². The number of nitrogens with zero attached hydrogens (tertiary/aromatic N) is 2. The van der Waals surface area contributed by atoms with Gasteiger partial charge in [0.25, 0.3) is 0 Å². The molecule has 6 heteroatoms. The molecule has 3 rings (SSSR count). The summed E-state index contributed by atoms with van der Waals surface area (Å²) in [7, 11) is 1.34. The highest BCUT2D eigenvalue weighted by Gasteiger charge is 2.17. The zero-order valence-corrected chi connectivity index (χ0v) is 13.6. The summed E-state index contributed by atoms with van der Waals surface area (Å²) < 4.78 is 4.58. The van der Waals surface area contributed by atoms with Crippen molar-refractivity contribution in [1.29, 1.82) is 0 Å². The molecule has 1 heterocycles. The molecule has 1 aliphatic rings. The van der Waals surface area contributed by atoms with Crippen molar-refractivity contribution in [2.24, 2.45) is 0 Å². The maximum absolute atomic E-state index is 11.2. The van der Waals surface area contributed by atoms with Crippen molar-refractivity contribution in [3.05, 3.63) is 48.5 Å². The van der Waals surface area contributed by atoms with E-state index in [9.17, 15) is 9.90 Å². The number of phenolic OH excluding ortho intramolecular Hbond substituents is 1. The number of nitrogens with one attached hydrogen (secondary N) is 1. The van der Waals surface area contributed by atoms with Gasteiger partial charge in [0.05, 0.1) is 7.11 Å². The fourth-order valence-corrected chi connectivity index (χ4v) is 2.81. The van der Waals surface area contributed by atoms with E-state index in [-0.39, 0.29) is 5.75 Å². The van der Waals surface area contributed by atoms with Crippen LogP contribution >= 0.6 is 0 Å². The van der Waals surface area contributed by atoms with E-state index in [0.717, 1.165) is 37.6 Å². The lowest BCUT2D eigenvalue weighted by Crippen LogP contribution is -2.46. The first-order chi connectivity index (χ1) is 11.7. The van der Waals surface area contributed by atoms with Crippen LogP contribution in [0.1, 0.15) is 0 Å². The number of ether oxygens (including phenoxy) is 1. The number of rotatable bonds is 3. The zero-order chi connectivity index (χ0) is 16.9. The molecule has 1 amide bonds. The molecule has 0 aromatic heterocycles. The van der Waals surface area contributed by atoms with Gasteiger partial charge in [-0.15, -0.1) is 0 Å². The van der Waals surface area contributed by atoms with Crippen molar-refractivity contribution >= 4 is 23.2 Å². The molecule has 0 spiro atoms. The molecule has 1 aliphatic heterocycles. The lowest BCUT2D eigenvalue weighted by Gasteiger charge is -2.37. The van der Waals surface area contributed by atoms with Gasteiger partial charge in [0.2, 0.25) is 0 Å². The first kappa shape index (κ1) is 16.0. The molecule has 1 saturated heterocycles. The topological polar surface area (TPSA) is 65.0 Å². The third-order valence-corrected chi connectivity index (χ3v) is 4.16. The van der Waals surface area contributed by atoms with Gasteiger partial charge in [-0.05, 0) is 48.5 Å². The number of hydrogen-bond donors (Lipinski definition) is 2. The number of carbonyl (C=O) groups is 1. The van der Waals surface area contributed by atoms with E-state index < -0.39 is 6.09 Å². The van der Waals surface area contributed by atoms with Gasteiger partial charge < -0.3 is 19.6 Å². The predicted octanol–water partition coefficient (Wildman–Crippen LogP) is 2.90. The molecule has 6 nitrogen and oxygen atoms in total. The first-order valence-corrected chi connectivity index (χ1v) is 7.89. The van der Waals surface area contributed by atoms with E-state index >= 15 is 0 Å². The Hall–Kier alpha value is -2.89. The van der Waals surface area contributed by atoms with E-state index in [4.69, 9.17) is 0 Å². The second-order valence-electron chi connectivity index (χ2n) is 5.65. The van der Waals surface area contributed by atoms with Crippen LogP contribution in [0.2, 0.25) is 0 Å². The Morgan fingerprint density at radius 3 is 1.83 bits per heavy atom. The van der Waals surface area contributed by atoms with Gasteiger partial charge in [-0.1, -0.05) is 0 Å². The Bertz CT molecular complexity index is 678. The minimum atomic E-state index is -0.467. The van der Waals surface area contributed by atoms with E-state index in [1.165, 1.54) is 7.11 Å². The number of piperazine rings is 1. The predicted molar refractivity (Wildman–Crippen MR) is 95.0 cm³/mol. The molecule has 0 bridgehead atoms. The minimum Gasteiger partial charge on any atom is -0.508 e. The Kier molecular flexibility index (Phi) is 4.74. The van der Waals surface area contributed by atoms with Gasteiger partial charge in [0.1, 0.15) is 5.75 Å². The van der Waals surface area contributed by atoms with Crippen LogP contribution in [0.5, 0.6) is 5.75 Å². The SMILES string of the molecule is COC(=O)Nc1ccc(N2CCN(c3ccc(O)cc3)CC2)cc1. The standard InChI is InChI=1S/C18H21N3O3/c1-24-18(23)19-14-2-4-15(5-3-14)20-10-12-21(13-11-20)16-6-8-17(22)9-7-16/h2-9,22H,10-13H2,1H3,(H,19,23). The Morgan fingerprint density at radius 1 is 0.917 bits per heavy atom. The highest BCUT2D eigenvalue weighted by molar-refractivity contribution is 5.84. The fourth-order valence-electron chi connectivity index (χ4n) is 2.81. The number of hydrogen-bond acceptors (Lipinski definition) is 5. The number of carbonyl (C=O) groups excluding carboxylic acids is 1. The van der Waals surface area contributed by atoms with E-state index in [1.807, 2.05) is 36.4 Å². The van der Waals surface area contributed by atoms with Crippen LogP contribution in [0.15, 0.2) is 48.5 Å². The summed E-state index contributed by atoms with van der Waals surface area (Å²) in [6.07, 6.45) is -0.467. The van der Waals surface area contributed by atoms with Crippen molar-refractivity contribution in [1.82, 2.24) is 0 Å². The average molecular weight is 327 g/mol. The highest BCUT2D eigenvalue weighted by atomic mass is 16.5. The van der Waals surface area contributed by atoms with Crippen LogP contribution in [-0.2, 0) is 4.74 Å². The summed E-state index contributed by atoms with van der Waals surface area (Å²) in [5.74, 6) is 0.290. The summed E-state index contributed by atoms with van der Waals surface area (Å²) in [5, 5.41) is 12.0. The second-order valence-corrected chi connectivity index (χ2v) is 5.65. The molecule has 2 aromatic carbocycles. The number of phenols is 1. The van der Waals surface area contributed by atoms with Gasteiger partial charge in [-0.3, -0.25) is 5.32 Å². The largest absolute Gasteiger partial charge is 0.508 e. The number of methoxy groups -OCH3 is 1. The lowest BCUT2D eigenvalue weighted by atomic mass is 10.2. The molecular weight excluding hydrogens is 306 g/mol. The van der Waals surface area contributed by atoms with E-state index in [2.05, 4.69) is 19.9 Å². The van der Waals surface area contributed by atoms with Crippen LogP contribution in [0.25, 0.3) is 0 Å². The van der Waals surface area contributed by atoms with Crippen molar-refractivity contribution in [2.45, 2.75) is 0 Å². The van der Waals surface area contributed by atoms with Crippen LogP contribution < -0.4 is 15.1 Å². The number of anilines is 3. The summed E-state index contributed by atoms with van der Waals surface area (Å²) >= 11 is 0. The van der Waals surface area contributed by atoms with Gasteiger partial charge in [-0.25, -0.2) is 4.79 Å². The smallest absolute Gasteiger partial charge is 0.411 e. The Morgan fingerprint density at radius 2 is 1.38 bits per heavy atom. The second kappa shape index (κ2) is 7.12. The first-order valence-electron chi connectivity index (χ1n) is 7.89. The molecule has 0 unspecified atom stereocenters. The van der Waals surface area contributed by atoms with Gasteiger partial charge in [0, 0.05) is 43.2 Å². The van der Waals surface area contributed by atoms with Crippen LogP contribution in [-0.4, -0.2) is 44.5 Å². The van der Waals surface area contributed by atoms with Crippen molar-refractivity contribution in [3.63, 3.8) is 0 Å². The fraction of sp³-hybridized carbons (Fsp3) is 0.278. The maximum Gasteiger partial charge on any atom is 0.411 e.